The molecule has 154 valence electrons. The Kier molecular flexibility index (Phi) is 5.86. The Morgan fingerprint density at radius 3 is 2.66 bits per heavy atom. The molecule has 1 fully saturated rings. The fourth-order valence-corrected chi connectivity index (χ4v) is 4.96. The predicted octanol–water partition coefficient (Wildman–Crippen LogP) is 4.09. The number of nitrogens with one attached hydrogen (secondary N) is 1. The number of carbonyl (C=O) groups is 1. The molecule has 2 aliphatic heterocycles. The van der Waals surface area contributed by atoms with Crippen molar-refractivity contribution in [1.82, 2.24) is 14.8 Å². The number of hydrogen-bond donors (Lipinski definition) is 1. The lowest BCUT2D eigenvalue weighted by Gasteiger charge is -2.36. The van der Waals surface area contributed by atoms with Crippen LogP contribution in [-0.2, 0) is 6.54 Å². The highest BCUT2D eigenvalue weighted by Gasteiger charge is 2.37. The van der Waals surface area contributed by atoms with Crippen LogP contribution < -0.4 is 5.32 Å². The van der Waals surface area contributed by atoms with Crippen molar-refractivity contribution < 1.29 is 4.79 Å². The molecule has 2 aromatic rings. The number of para-hydroxylation sites is 1. The number of aryl methyl sites for hydroxylation is 1. The Hall–Kier alpha value is -2.40. The molecule has 29 heavy (non-hydrogen) atoms. The second-order valence-corrected chi connectivity index (χ2v) is 8.67. The first-order valence-electron chi connectivity index (χ1n) is 10.8. The highest BCUT2D eigenvalue weighted by Crippen LogP contribution is 2.31. The molecule has 0 radical (unpaired) electrons. The van der Waals surface area contributed by atoms with Gasteiger partial charge in [-0.15, -0.1) is 0 Å². The lowest BCUT2D eigenvalue weighted by molar-refractivity contribution is 0.0633. The van der Waals surface area contributed by atoms with Gasteiger partial charge in [0, 0.05) is 55.3 Å². The van der Waals surface area contributed by atoms with Crippen LogP contribution in [-0.4, -0.2) is 51.9 Å². The topological polar surface area (TPSA) is 48.5 Å². The molecule has 2 bridgehead atoms. The molecule has 5 heteroatoms. The van der Waals surface area contributed by atoms with Crippen LogP contribution in [0.2, 0.25) is 0 Å². The van der Waals surface area contributed by atoms with E-state index < -0.39 is 0 Å². The zero-order chi connectivity index (χ0) is 20.4. The smallest absolute Gasteiger partial charge is 0.255 e. The lowest BCUT2D eigenvalue weighted by Crippen LogP contribution is -2.48. The molecule has 1 N–H and O–H groups in total. The van der Waals surface area contributed by atoms with Crippen molar-refractivity contribution >= 4 is 11.6 Å². The number of carbonyl (C=O) groups excluding carboxylic acids is 1. The summed E-state index contributed by atoms with van der Waals surface area (Å²) in [5.41, 5.74) is 3.91. The Morgan fingerprint density at radius 2 is 1.90 bits per heavy atom. The molecular formula is C24H32N4O. The summed E-state index contributed by atoms with van der Waals surface area (Å²) in [5, 5.41) is 3.63. The van der Waals surface area contributed by atoms with E-state index in [2.05, 4.69) is 53.3 Å². The minimum Gasteiger partial charge on any atom is -0.385 e. The van der Waals surface area contributed by atoms with E-state index in [-0.39, 0.29) is 5.91 Å². The third kappa shape index (κ3) is 4.30. The average molecular weight is 393 g/mol. The van der Waals surface area contributed by atoms with E-state index in [0.717, 1.165) is 37.3 Å². The van der Waals surface area contributed by atoms with Crippen LogP contribution in [0.1, 0.15) is 54.7 Å². The maximum Gasteiger partial charge on any atom is 0.255 e. The van der Waals surface area contributed by atoms with Gasteiger partial charge in [0.1, 0.15) is 0 Å². The summed E-state index contributed by atoms with van der Waals surface area (Å²) in [6.45, 7) is 8.85. The van der Waals surface area contributed by atoms with Crippen LogP contribution in [0, 0.1) is 6.92 Å². The van der Waals surface area contributed by atoms with E-state index in [1.54, 1.807) is 6.20 Å². The highest BCUT2D eigenvalue weighted by atomic mass is 16.2. The SMILES string of the molecule is Cc1ccc(C(=O)N2Cc3ccccc3NCC[C@H]3CC[C@@H](C2)N3C(C)C)cn1. The normalized spacial score (nSPS) is 22.7. The van der Waals surface area contributed by atoms with Crippen LogP contribution in [0.4, 0.5) is 5.69 Å². The van der Waals surface area contributed by atoms with Crippen LogP contribution in [0.25, 0.3) is 0 Å². The molecule has 0 spiro atoms. The number of amides is 1. The molecule has 1 amide bonds. The number of rotatable bonds is 2. The van der Waals surface area contributed by atoms with E-state index in [9.17, 15) is 4.79 Å². The fraction of sp³-hybridized carbons (Fsp3) is 0.500. The molecule has 2 aliphatic rings. The Bertz CT molecular complexity index is 848. The molecule has 0 unspecified atom stereocenters. The highest BCUT2D eigenvalue weighted by molar-refractivity contribution is 5.94. The number of benzene rings is 1. The van der Waals surface area contributed by atoms with Gasteiger partial charge in [0.15, 0.2) is 0 Å². The Balaban J connectivity index is 1.68. The molecule has 1 aromatic heterocycles. The zero-order valence-corrected chi connectivity index (χ0v) is 17.8. The zero-order valence-electron chi connectivity index (χ0n) is 17.8. The fourth-order valence-electron chi connectivity index (χ4n) is 4.96. The van der Waals surface area contributed by atoms with Crippen molar-refractivity contribution in [3.8, 4) is 0 Å². The minimum atomic E-state index is 0.0682. The summed E-state index contributed by atoms with van der Waals surface area (Å²) >= 11 is 0. The maximum atomic E-state index is 13.5. The van der Waals surface area contributed by atoms with Gasteiger partial charge < -0.3 is 10.2 Å². The van der Waals surface area contributed by atoms with Gasteiger partial charge in [-0.3, -0.25) is 14.7 Å². The van der Waals surface area contributed by atoms with Crippen molar-refractivity contribution in [1.29, 1.82) is 0 Å². The van der Waals surface area contributed by atoms with Gasteiger partial charge in [-0.2, -0.15) is 0 Å². The summed E-state index contributed by atoms with van der Waals surface area (Å²) in [6, 6.07) is 13.7. The second-order valence-electron chi connectivity index (χ2n) is 8.67. The van der Waals surface area contributed by atoms with E-state index in [0.29, 0.717) is 30.2 Å². The molecule has 2 atom stereocenters. The monoisotopic (exact) mass is 392 g/mol. The van der Waals surface area contributed by atoms with Gasteiger partial charge in [-0.1, -0.05) is 18.2 Å². The first kappa shape index (κ1) is 19.9. The third-order valence-corrected chi connectivity index (χ3v) is 6.32. The lowest BCUT2D eigenvalue weighted by atomic mass is 10.1. The number of nitrogens with zero attached hydrogens (tertiary/aromatic N) is 3. The van der Waals surface area contributed by atoms with Crippen molar-refractivity contribution in [2.24, 2.45) is 0 Å². The van der Waals surface area contributed by atoms with Crippen LogP contribution >= 0.6 is 0 Å². The van der Waals surface area contributed by atoms with Crippen molar-refractivity contribution in [3.63, 3.8) is 0 Å². The summed E-state index contributed by atoms with van der Waals surface area (Å²) in [7, 11) is 0. The van der Waals surface area contributed by atoms with Gasteiger partial charge in [0.25, 0.3) is 5.91 Å². The van der Waals surface area contributed by atoms with Crippen LogP contribution in [0.15, 0.2) is 42.6 Å². The summed E-state index contributed by atoms with van der Waals surface area (Å²) in [4.78, 5) is 22.5. The predicted molar refractivity (Wildman–Crippen MR) is 117 cm³/mol. The first-order chi connectivity index (χ1) is 14.0. The van der Waals surface area contributed by atoms with Gasteiger partial charge >= 0.3 is 0 Å². The number of pyridine rings is 1. The molecule has 1 saturated heterocycles. The number of hydrogen-bond acceptors (Lipinski definition) is 4. The quantitative estimate of drug-likeness (QED) is 0.836. The van der Waals surface area contributed by atoms with Gasteiger partial charge in [-0.25, -0.2) is 0 Å². The molecule has 3 heterocycles. The Morgan fingerprint density at radius 1 is 1.10 bits per heavy atom. The number of fused-ring (bicyclic) bond motifs is 3. The van der Waals surface area contributed by atoms with Gasteiger partial charge in [0.05, 0.1) is 5.56 Å². The third-order valence-electron chi connectivity index (χ3n) is 6.32. The van der Waals surface area contributed by atoms with E-state index in [1.807, 2.05) is 24.0 Å². The molecule has 0 saturated carbocycles. The van der Waals surface area contributed by atoms with Gasteiger partial charge in [0.2, 0.25) is 0 Å². The van der Waals surface area contributed by atoms with E-state index in [1.165, 1.54) is 12.0 Å². The molecule has 5 nitrogen and oxygen atoms in total. The summed E-state index contributed by atoms with van der Waals surface area (Å²) in [5.74, 6) is 0.0682. The summed E-state index contributed by atoms with van der Waals surface area (Å²) < 4.78 is 0. The van der Waals surface area contributed by atoms with Crippen molar-refractivity contribution in [2.75, 3.05) is 18.4 Å². The minimum absolute atomic E-state index is 0.0682. The summed E-state index contributed by atoms with van der Waals surface area (Å²) in [6.07, 6.45) is 5.21. The average Bonchev–Trinajstić information content (AvgIpc) is 3.09. The van der Waals surface area contributed by atoms with Crippen LogP contribution in [0.3, 0.4) is 0 Å². The number of aromatic nitrogens is 1. The Labute approximate surface area is 174 Å². The van der Waals surface area contributed by atoms with Crippen LogP contribution in [0.5, 0.6) is 0 Å². The molecule has 4 rings (SSSR count). The van der Waals surface area contributed by atoms with Crippen molar-refractivity contribution in [3.05, 3.63) is 59.4 Å². The van der Waals surface area contributed by atoms with Crippen molar-refractivity contribution in [2.45, 2.75) is 64.7 Å². The maximum absolute atomic E-state index is 13.5. The standard InChI is InChI=1S/C24H32N4O/c1-17(2)28-21-10-11-22(28)16-27(24(29)19-9-8-18(3)26-14-19)15-20-6-4-5-7-23(20)25-13-12-21/h4-9,14,17,21-22,25H,10-13,15-16H2,1-3H3/t21-,22+/m1/s1. The van der Waals surface area contributed by atoms with E-state index >= 15 is 0 Å². The first-order valence-corrected chi connectivity index (χ1v) is 10.8. The van der Waals surface area contributed by atoms with Gasteiger partial charge in [-0.05, 0) is 63.8 Å². The number of anilines is 1. The van der Waals surface area contributed by atoms with E-state index in [4.69, 9.17) is 0 Å². The molecule has 0 aliphatic carbocycles. The molecular weight excluding hydrogens is 360 g/mol. The largest absolute Gasteiger partial charge is 0.385 e. The molecule has 1 aromatic carbocycles. The second kappa shape index (κ2) is 8.54.